The van der Waals surface area contributed by atoms with Crippen molar-refractivity contribution in [2.45, 2.75) is 51.5 Å². The highest BCUT2D eigenvalue weighted by Gasteiger charge is 2.37. The van der Waals surface area contributed by atoms with Crippen molar-refractivity contribution in [1.82, 2.24) is 10.2 Å². The highest BCUT2D eigenvalue weighted by Crippen LogP contribution is 2.37. The maximum absolute atomic E-state index is 14.8. The Bertz CT molecular complexity index is 1560. The number of alkyl halides is 3. The first-order chi connectivity index (χ1) is 19.9. The third-order valence-corrected chi connectivity index (χ3v) is 7.76. The predicted octanol–water partition coefficient (Wildman–Crippen LogP) is 5.82. The summed E-state index contributed by atoms with van der Waals surface area (Å²) in [7, 11) is -4.34. The lowest BCUT2D eigenvalue weighted by molar-refractivity contribution is -0.140. The van der Waals surface area contributed by atoms with Crippen LogP contribution in [-0.2, 0) is 38.8 Å². The molecule has 0 unspecified atom stereocenters. The molecule has 0 saturated heterocycles. The number of halogens is 5. The standard InChI is InChI=1S/C30H32ClF4N3O4S/c1-29(2,3)36-28(40)26(16-20-10-6-5-7-11-20)37(18-21-12-8-9-13-25(21)32)27(39)19-38(43(4,41)42)22-14-15-24(31)23(17-22)30(33,34)35/h5-15,17,26H,16,18-19H2,1-4H3,(H,36,40)/t26-/m0/s1. The maximum atomic E-state index is 14.8. The van der Waals surface area contributed by atoms with Crippen molar-refractivity contribution in [3.05, 3.63) is 100 Å². The van der Waals surface area contributed by atoms with Crippen LogP contribution in [0.5, 0.6) is 0 Å². The summed E-state index contributed by atoms with van der Waals surface area (Å²) in [5.41, 5.74) is -1.77. The molecule has 0 aromatic heterocycles. The SMILES string of the molecule is CC(C)(C)NC(=O)[C@H](Cc1ccccc1)N(Cc1ccccc1F)C(=O)CN(c1ccc(Cl)c(C(F)(F)F)c1)S(C)(=O)=O. The number of sulfonamides is 1. The number of hydrogen-bond acceptors (Lipinski definition) is 4. The van der Waals surface area contributed by atoms with Gasteiger partial charge in [0.15, 0.2) is 0 Å². The van der Waals surface area contributed by atoms with Gasteiger partial charge in [-0.3, -0.25) is 13.9 Å². The lowest BCUT2D eigenvalue weighted by Gasteiger charge is -2.35. The van der Waals surface area contributed by atoms with E-state index in [0.29, 0.717) is 15.9 Å². The molecule has 0 aliphatic heterocycles. The molecule has 0 radical (unpaired) electrons. The molecule has 3 aromatic rings. The van der Waals surface area contributed by atoms with Crippen LogP contribution < -0.4 is 9.62 Å². The van der Waals surface area contributed by atoms with Crippen LogP contribution in [0.15, 0.2) is 72.8 Å². The molecule has 3 rings (SSSR count). The molecule has 2 amide bonds. The summed E-state index contributed by atoms with van der Waals surface area (Å²) in [6, 6.07) is 15.5. The fourth-order valence-electron chi connectivity index (χ4n) is 4.32. The number of amides is 2. The van der Waals surface area contributed by atoms with Crippen LogP contribution in [0.4, 0.5) is 23.2 Å². The third kappa shape index (κ3) is 9.42. The van der Waals surface area contributed by atoms with Crippen LogP contribution in [-0.4, -0.2) is 49.5 Å². The molecule has 0 bridgehead atoms. The quantitative estimate of drug-likeness (QED) is 0.283. The van der Waals surface area contributed by atoms with Gasteiger partial charge in [0.05, 0.1) is 22.5 Å². The van der Waals surface area contributed by atoms with Gasteiger partial charge < -0.3 is 10.2 Å². The summed E-state index contributed by atoms with van der Waals surface area (Å²) in [4.78, 5) is 28.7. The van der Waals surface area contributed by atoms with Gasteiger partial charge in [-0.25, -0.2) is 12.8 Å². The Morgan fingerprint density at radius 2 is 1.56 bits per heavy atom. The van der Waals surface area contributed by atoms with Gasteiger partial charge in [0.25, 0.3) is 0 Å². The van der Waals surface area contributed by atoms with Gasteiger partial charge in [0.2, 0.25) is 21.8 Å². The zero-order valence-electron chi connectivity index (χ0n) is 24.0. The van der Waals surface area contributed by atoms with Gasteiger partial charge in [-0.15, -0.1) is 0 Å². The minimum Gasteiger partial charge on any atom is -0.350 e. The highest BCUT2D eigenvalue weighted by molar-refractivity contribution is 7.92. The Kier molecular flexibility index (Phi) is 10.5. The Labute approximate surface area is 253 Å². The summed E-state index contributed by atoms with van der Waals surface area (Å²) in [6.45, 7) is 3.81. The van der Waals surface area contributed by atoms with Crippen LogP contribution in [0.2, 0.25) is 5.02 Å². The van der Waals surface area contributed by atoms with Crippen molar-refractivity contribution < 1.29 is 35.6 Å². The van der Waals surface area contributed by atoms with Gasteiger partial charge >= 0.3 is 6.18 Å². The second-order valence-corrected chi connectivity index (χ2v) is 13.3. The van der Waals surface area contributed by atoms with Crippen molar-refractivity contribution >= 4 is 39.1 Å². The van der Waals surface area contributed by atoms with E-state index in [9.17, 15) is 35.6 Å². The lowest BCUT2D eigenvalue weighted by atomic mass is 10.0. The smallest absolute Gasteiger partial charge is 0.350 e. The molecule has 0 aliphatic rings. The summed E-state index contributed by atoms with van der Waals surface area (Å²) in [6.07, 6.45) is -4.18. The van der Waals surface area contributed by atoms with Gasteiger partial charge in [0.1, 0.15) is 18.4 Å². The van der Waals surface area contributed by atoms with Crippen molar-refractivity contribution in [2.75, 3.05) is 17.1 Å². The molecular weight excluding hydrogens is 610 g/mol. The van der Waals surface area contributed by atoms with Gasteiger partial charge in [-0.05, 0) is 50.6 Å². The van der Waals surface area contributed by atoms with Crippen LogP contribution in [0.3, 0.4) is 0 Å². The maximum Gasteiger partial charge on any atom is 0.417 e. The first-order valence-corrected chi connectivity index (χ1v) is 15.3. The number of carbonyl (C=O) groups excluding carboxylic acids is 2. The molecule has 13 heteroatoms. The van der Waals surface area contributed by atoms with Gasteiger partial charge in [0, 0.05) is 24.1 Å². The number of benzene rings is 3. The number of hydrogen-bond donors (Lipinski definition) is 1. The average Bonchev–Trinajstić information content (AvgIpc) is 2.89. The molecule has 7 nitrogen and oxygen atoms in total. The summed E-state index contributed by atoms with van der Waals surface area (Å²) in [5.74, 6) is -2.19. The van der Waals surface area contributed by atoms with E-state index in [1.165, 1.54) is 24.3 Å². The first-order valence-electron chi connectivity index (χ1n) is 13.1. The highest BCUT2D eigenvalue weighted by atomic mass is 35.5. The topological polar surface area (TPSA) is 86.8 Å². The van der Waals surface area contributed by atoms with Crippen molar-refractivity contribution in [1.29, 1.82) is 0 Å². The Hall–Kier alpha value is -3.64. The van der Waals surface area contributed by atoms with E-state index in [-0.39, 0.29) is 12.0 Å². The van der Waals surface area contributed by atoms with Crippen molar-refractivity contribution in [3.8, 4) is 0 Å². The number of nitrogens with one attached hydrogen (secondary N) is 1. The fraction of sp³-hybridized carbons (Fsp3) is 0.333. The first kappa shape index (κ1) is 33.9. The van der Waals surface area contributed by atoms with Gasteiger partial charge in [-0.1, -0.05) is 60.1 Å². The summed E-state index contributed by atoms with van der Waals surface area (Å²) in [5, 5.41) is 2.17. The predicted molar refractivity (Wildman–Crippen MR) is 157 cm³/mol. The second-order valence-electron chi connectivity index (χ2n) is 11.0. The molecule has 1 atom stereocenters. The Balaban J connectivity index is 2.13. The van der Waals surface area contributed by atoms with E-state index in [1.54, 1.807) is 51.1 Å². The second kappa shape index (κ2) is 13.3. The molecule has 1 N–H and O–H groups in total. The fourth-order valence-corrected chi connectivity index (χ4v) is 5.38. The van der Waals surface area contributed by atoms with Crippen molar-refractivity contribution in [3.63, 3.8) is 0 Å². The van der Waals surface area contributed by atoms with E-state index < -0.39 is 74.8 Å². The number of anilines is 1. The molecule has 232 valence electrons. The van der Waals surface area contributed by atoms with Crippen molar-refractivity contribution in [2.24, 2.45) is 0 Å². The van der Waals surface area contributed by atoms with Crippen LogP contribution >= 0.6 is 11.6 Å². The van der Waals surface area contributed by atoms with E-state index in [4.69, 9.17) is 11.6 Å². The Morgan fingerprint density at radius 3 is 2.12 bits per heavy atom. The molecule has 0 aliphatic carbocycles. The molecule has 0 spiro atoms. The molecule has 0 fully saturated rings. The monoisotopic (exact) mass is 641 g/mol. The Morgan fingerprint density at radius 1 is 0.953 bits per heavy atom. The normalized spacial score (nSPS) is 12.9. The van der Waals surface area contributed by atoms with E-state index in [1.807, 2.05) is 0 Å². The third-order valence-electron chi connectivity index (χ3n) is 6.29. The molecular formula is C30H32ClF4N3O4S. The summed E-state index contributed by atoms with van der Waals surface area (Å²) >= 11 is 5.72. The van der Waals surface area contributed by atoms with E-state index in [2.05, 4.69) is 5.32 Å². The largest absolute Gasteiger partial charge is 0.417 e. The van der Waals surface area contributed by atoms with Crippen LogP contribution in [0, 0.1) is 5.82 Å². The zero-order chi connectivity index (χ0) is 32.2. The minimum absolute atomic E-state index is 0.0129. The molecule has 0 heterocycles. The number of carbonyl (C=O) groups is 2. The number of nitrogens with zero attached hydrogens (tertiary/aromatic N) is 2. The van der Waals surface area contributed by atoms with E-state index in [0.717, 1.165) is 23.3 Å². The molecule has 43 heavy (non-hydrogen) atoms. The zero-order valence-corrected chi connectivity index (χ0v) is 25.5. The minimum atomic E-state index is -4.90. The van der Waals surface area contributed by atoms with Crippen LogP contribution in [0.1, 0.15) is 37.5 Å². The average molecular weight is 642 g/mol. The molecule has 0 saturated carbocycles. The number of rotatable bonds is 10. The summed E-state index contributed by atoms with van der Waals surface area (Å²) < 4.78 is 81.8. The molecule has 3 aromatic carbocycles. The van der Waals surface area contributed by atoms with E-state index >= 15 is 0 Å². The van der Waals surface area contributed by atoms with Crippen LogP contribution in [0.25, 0.3) is 0 Å². The lowest BCUT2D eigenvalue weighted by Crippen LogP contribution is -2.56. The van der Waals surface area contributed by atoms with Gasteiger partial charge in [-0.2, -0.15) is 13.2 Å².